The van der Waals surface area contributed by atoms with E-state index in [4.69, 9.17) is 14.5 Å². The molecule has 0 amide bonds. The lowest BCUT2D eigenvalue weighted by Gasteiger charge is -2.15. The van der Waals surface area contributed by atoms with E-state index in [1.807, 2.05) is 12.1 Å². The lowest BCUT2D eigenvalue weighted by molar-refractivity contribution is 0.278. The topological polar surface area (TPSA) is 36.3 Å². The van der Waals surface area contributed by atoms with Crippen molar-refractivity contribution in [2.24, 2.45) is 0 Å². The molecule has 0 unspecified atom stereocenters. The van der Waals surface area contributed by atoms with E-state index in [0.29, 0.717) is 19.1 Å². The normalized spacial score (nSPS) is 11.3. The van der Waals surface area contributed by atoms with Crippen LogP contribution in [0.3, 0.4) is 0 Å². The van der Waals surface area contributed by atoms with E-state index in [-0.39, 0.29) is 0 Å². The SMILES string of the molecule is Cc1ccc(C)c(OCc2nc3ccccc3n2CCCOc2ccccc2C(C)C)c1. The molecule has 4 aromatic rings. The standard InChI is InChI=1S/C28H32N2O2/c1-20(2)23-10-5-8-13-26(23)31-17-9-16-30-25-12-7-6-11-24(25)29-28(30)19-32-27-18-21(3)14-15-22(27)4/h5-8,10-15,18,20H,9,16-17,19H2,1-4H3. The zero-order valence-corrected chi connectivity index (χ0v) is 19.5. The Morgan fingerprint density at radius 2 is 1.66 bits per heavy atom. The van der Waals surface area contributed by atoms with Crippen molar-refractivity contribution >= 4 is 11.0 Å². The van der Waals surface area contributed by atoms with E-state index in [1.54, 1.807) is 0 Å². The van der Waals surface area contributed by atoms with Crippen LogP contribution in [0.15, 0.2) is 66.7 Å². The summed E-state index contributed by atoms with van der Waals surface area (Å²) in [5.74, 6) is 3.28. The third-order valence-electron chi connectivity index (χ3n) is 5.76. The molecular weight excluding hydrogens is 396 g/mol. The highest BCUT2D eigenvalue weighted by molar-refractivity contribution is 5.75. The summed E-state index contributed by atoms with van der Waals surface area (Å²) < 4.78 is 14.6. The minimum absolute atomic E-state index is 0.440. The highest BCUT2D eigenvalue weighted by atomic mass is 16.5. The quantitative estimate of drug-likeness (QED) is 0.274. The van der Waals surface area contributed by atoms with Gasteiger partial charge in [-0.05, 0) is 67.1 Å². The van der Waals surface area contributed by atoms with Gasteiger partial charge in [-0.1, -0.05) is 56.3 Å². The molecule has 4 nitrogen and oxygen atoms in total. The second-order valence-electron chi connectivity index (χ2n) is 8.62. The van der Waals surface area contributed by atoms with Crippen LogP contribution in [0, 0.1) is 13.8 Å². The van der Waals surface area contributed by atoms with Crippen LogP contribution in [0.2, 0.25) is 0 Å². The van der Waals surface area contributed by atoms with Crippen molar-refractivity contribution < 1.29 is 9.47 Å². The van der Waals surface area contributed by atoms with Gasteiger partial charge < -0.3 is 14.0 Å². The number of nitrogens with zero attached hydrogens (tertiary/aromatic N) is 2. The highest BCUT2D eigenvalue weighted by Gasteiger charge is 2.12. The first-order chi connectivity index (χ1) is 15.5. The number of para-hydroxylation sites is 3. The molecule has 0 aliphatic carbocycles. The Bertz CT molecular complexity index is 1190. The lowest BCUT2D eigenvalue weighted by Crippen LogP contribution is -2.11. The average molecular weight is 429 g/mol. The van der Waals surface area contributed by atoms with Gasteiger partial charge in [-0.15, -0.1) is 0 Å². The van der Waals surface area contributed by atoms with Gasteiger partial charge in [0, 0.05) is 6.54 Å². The van der Waals surface area contributed by atoms with Crippen molar-refractivity contribution in [3.05, 3.63) is 89.2 Å². The van der Waals surface area contributed by atoms with E-state index >= 15 is 0 Å². The third-order valence-corrected chi connectivity index (χ3v) is 5.76. The Kier molecular flexibility index (Phi) is 6.79. The number of rotatable bonds is 9. The summed E-state index contributed by atoms with van der Waals surface area (Å²) in [5, 5.41) is 0. The number of hydrogen-bond donors (Lipinski definition) is 0. The fraction of sp³-hybridized carbons (Fsp3) is 0.321. The maximum atomic E-state index is 6.18. The van der Waals surface area contributed by atoms with Crippen molar-refractivity contribution in [1.29, 1.82) is 0 Å². The van der Waals surface area contributed by atoms with Crippen LogP contribution in [0.1, 0.15) is 48.7 Å². The van der Waals surface area contributed by atoms with Gasteiger partial charge in [0.2, 0.25) is 0 Å². The molecule has 0 aliphatic rings. The van der Waals surface area contributed by atoms with Gasteiger partial charge in [0.05, 0.1) is 17.6 Å². The summed E-state index contributed by atoms with van der Waals surface area (Å²) in [7, 11) is 0. The minimum atomic E-state index is 0.440. The Morgan fingerprint density at radius 3 is 2.50 bits per heavy atom. The number of ether oxygens (including phenoxy) is 2. The van der Waals surface area contributed by atoms with Crippen molar-refractivity contribution in [2.45, 2.75) is 53.2 Å². The number of benzene rings is 3. The maximum Gasteiger partial charge on any atom is 0.148 e. The molecule has 1 aromatic heterocycles. The Labute approximate surface area is 190 Å². The van der Waals surface area contributed by atoms with E-state index in [2.05, 4.69) is 86.9 Å². The summed E-state index contributed by atoms with van der Waals surface area (Å²) in [5.41, 5.74) is 5.71. The lowest BCUT2D eigenvalue weighted by atomic mass is 10.0. The first-order valence-electron chi connectivity index (χ1n) is 11.4. The average Bonchev–Trinajstić information content (AvgIpc) is 3.15. The molecule has 0 aliphatic heterocycles. The van der Waals surface area contributed by atoms with Crippen LogP contribution in [0.4, 0.5) is 0 Å². The number of hydrogen-bond acceptors (Lipinski definition) is 3. The summed E-state index contributed by atoms with van der Waals surface area (Å²) in [4.78, 5) is 4.85. The number of fused-ring (bicyclic) bond motifs is 1. The molecule has 0 N–H and O–H groups in total. The summed E-state index contributed by atoms with van der Waals surface area (Å²) in [6.07, 6.45) is 0.892. The Balaban J connectivity index is 1.46. The van der Waals surface area contributed by atoms with Gasteiger partial charge in [-0.2, -0.15) is 0 Å². The Hall–Kier alpha value is -3.27. The predicted molar refractivity (Wildman–Crippen MR) is 131 cm³/mol. The fourth-order valence-electron chi connectivity index (χ4n) is 3.98. The minimum Gasteiger partial charge on any atom is -0.493 e. The van der Waals surface area contributed by atoms with Gasteiger partial charge >= 0.3 is 0 Å². The maximum absolute atomic E-state index is 6.18. The molecule has 4 rings (SSSR count). The Morgan fingerprint density at radius 1 is 0.875 bits per heavy atom. The monoisotopic (exact) mass is 428 g/mol. The summed E-state index contributed by atoms with van der Waals surface area (Å²) in [6, 6.07) is 22.9. The molecule has 0 saturated carbocycles. The van der Waals surface area contributed by atoms with Crippen molar-refractivity contribution in [3.8, 4) is 11.5 Å². The van der Waals surface area contributed by atoms with Crippen LogP contribution < -0.4 is 9.47 Å². The van der Waals surface area contributed by atoms with Crippen molar-refractivity contribution in [1.82, 2.24) is 9.55 Å². The van der Waals surface area contributed by atoms with E-state index < -0.39 is 0 Å². The second kappa shape index (κ2) is 9.90. The number of aromatic nitrogens is 2. The van der Waals surface area contributed by atoms with Crippen molar-refractivity contribution in [3.63, 3.8) is 0 Å². The predicted octanol–water partition coefficient (Wildman–Crippen LogP) is 6.82. The second-order valence-corrected chi connectivity index (χ2v) is 8.62. The van der Waals surface area contributed by atoms with Gasteiger partial charge in [0.25, 0.3) is 0 Å². The molecule has 3 aromatic carbocycles. The first-order valence-corrected chi connectivity index (χ1v) is 11.4. The fourth-order valence-corrected chi connectivity index (χ4v) is 3.98. The zero-order chi connectivity index (χ0) is 22.5. The van der Waals surface area contributed by atoms with Gasteiger partial charge in [-0.3, -0.25) is 0 Å². The first kappa shape index (κ1) is 21.9. The molecule has 0 bridgehead atoms. The smallest absolute Gasteiger partial charge is 0.148 e. The van der Waals surface area contributed by atoms with E-state index in [0.717, 1.165) is 46.9 Å². The van der Waals surface area contributed by atoms with E-state index in [1.165, 1.54) is 11.1 Å². The largest absolute Gasteiger partial charge is 0.493 e. The number of imidazole rings is 1. The molecule has 0 spiro atoms. The summed E-state index contributed by atoms with van der Waals surface area (Å²) >= 11 is 0. The molecule has 0 radical (unpaired) electrons. The zero-order valence-electron chi connectivity index (χ0n) is 19.5. The molecule has 0 atom stereocenters. The molecule has 1 heterocycles. The van der Waals surface area contributed by atoms with E-state index in [9.17, 15) is 0 Å². The molecule has 32 heavy (non-hydrogen) atoms. The van der Waals surface area contributed by atoms with Crippen LogP contribution in [0.25, 0.3) is 11.0 Å². The van der Waals surface area contributed by atoms with Crippen LogP contribution in [-0.4, -0.2) is 16.2 Å². The van der Waals surface area contributed by atoms with Gasteiger partial charge in [-0.25, -0.2) is 4.98 Å². The molecule has 0 fully saturated rings. The van der Waals surface area contributed by atoms with Crippen LogP contribution in [0.5, 0.6) is 11.5 Å². The third kappa shape index (κ3) is 4.96. The van der Waals surface area contributed by atoms with Gasteiger partial charge in [0.15, 0.2) is 0 Å². The van der Waals surface area contributed by atoms with Crippen LogP contribution >= 0.6 is 0 Å². The van der Waals surface area contributed by atoms with Gasteiger partial charge in [0.1, 0.15) is 23.9 Å². The molecular formula is C28H32N2O2. The molecule has 166 valence electrons. The van der Waals surface area contributed by atoms with Crippen LogP contribution in [-0.2, 0) is 13.2 Å². The molecule has 4 heteroatoms. The highest BCUT2D eigenvalue weighted by Crippen LogP contribution is 2.26. The molecule has 0 saturated heterocycles. The number of aryl methyl sites for hydroxylation is 3. The summed E-state index contributed by atoms with van der Waals surface area (Å²) in [6.45, 7) is 10.5. The van der Waals surface area contributed by atoms with Crippen molar-refractivity contribution in [2.75, 3.05) is 6.61 Å².